The van der Waals surface area contributed by atoms with Crippen molar-refractivity contribution < 1.29 is 0 Å². The van der Waals surface area contributed by atoms with Crippen molar-refractivity contribution in [2.45, 2.75) is 6.54 Å². The monoisotopic (exact) mass is 298 g/mol. The molecule has 1 aliphatic rings. The zero-order valence-electron chi connectivity index (χ0n) is 12.3. The Bertz CT molecular complexity index is 540. The summed E-state index contributed by atoms with van der Waals surface area (Å²) in [6.45, 7) is 6.87. The lowest BCUT2D eigenvalue weighted by molar-refractivity contribution is 0.138. The highest BCUT2D eigenvalue weighted by atomic mass is 32.1. The van der Waals surface area contributed by atoms with Crippen LogP contribution >= 0.6 is 11.3 Å². The number of nitrogens with zero attached hydrogens (tertiary/aromatic N) is 2. The van der Waals surface area contributed by atoms with Gasteiger partial charge in [-0.3, -0.25) is 9.80 Å². The van der Waals surface area contributed by atoms with E-state index in [9.17, 15) is 0 Å². The first-order valence-electron chi connectivity index (χ1n) is 7.59. The molecule has 0 aliphatic carbocycles. The van der Waals surface area contributed by atoms with Gasteiger partial charge in [-0.25, -0.2) is 0 Å². The lowest BCUT2D eigenvalue weighted by Gasteiger charge is -2.33. The molecule has 2 nitrogen and oxygen atoms in total. The maximum absolute atomic E-state index is 2.56. The normalized spacial score (nSPS) is 17.5. The van der Waals surface area contributed by atoms with Crippen LogP contribution in [0.4, 0.5) is 0 Å². The highest BCUT2D eigenvalue weighted by Crippen LogP contribution is 2.13. The lowest BCUT2D eigenvalue weighted by atomic mass is 10.2. The minimum absolute atomic E-state index is 1.06. The number of rotatable bonds is 5. The minimum Gasteiger partial charge on any atom is -0.297 e. The van der Waals surface area contributed by atoms with Crippen molar-refractivity contribution in [2.24, 2.45) is 0 Å². The topological polar surface area (TPSA) is 6.48 Å². The van der Waals surface area contributed by atoms with E-state index in [1.54, 1.807) is 0 Å². The van der Waals surface area contributed by atoms with Crippen LogP contribution in [0.15, 0.2) is 53.9 Å². The van der Waals surface area contributed by atoms with Gasteiger partial charge in [-0.15, -0.1) is 11.3 Å². The highest BCUT2D eigenvalue weighted by Gasteiger charge is 2.15. The second-order valence-electron chi connectivity index (χ2n) is 5.47. The van der Waals surface area contributed by atoms with Gasteiger partial charge in [0.1, 0.15) is 0 Å². The van der Waals surface area contributed by atoms with E-state index in [-0.39, 0.29) is 0 Å². The molecule has 0 bridgehead atoms. The fraction of sp³-hybridized carbons (Fsp3) is 0.333. The van der Waals surface area contributed by atoms with Crippen LogP contribution in [0, 0.1) is 0 Å². The summed E-state index contributed by atoms with van der Waals surface area (Å²) < 4.78 is 0. The van der Waals surface area contributed by atoms with E-state index < -0.39 is 0 Å². The average Bonchev–Trinajstić information content (AvgIpc) is 3.03. The third kappa shape index (κ3) is 4.53. The average molecular weight is 298 g/mol. The van der Waals surface area contributed by atoms with Crippen LogP contribution in [-0.2, 0) is 6.54 Å². The fourth-order valence-corrected chi connectivity index (χ4v) is 3.40. The second-order valence-corrected chi connectivity index (χ2v) is 6.50. The third-order valence-corrected chi connectivity index (χ3v) is 4.76. The predicted octanol–water partition coefficient (Wildman–Crippen LogP) is 3.58. The zero-order chi connectivity index (χ0) is 14.3. The Morgan fingerprint density at radius 2 is 1.67 bits per heavy atom. The first kappa shape index (κ1) is 14.5. The molecular weight excluding hydrogens is 276 g/mol. The first-order valence-corrected chi connectivity index (χ1v) is 8.47. The van der Waals surface area contributed by atoms with Crippen molar-refractivity contribution in [3.05, 3.63) is 64.4 Å². The zero-order valence-corrected chi connectivity index (χ0v) is 13.1. The van der Waals surface area contributed by atoms with Gasteiger partial charge in [0.25, 0.3) is 0 Å². The van der Waals surface area contributed by atoms with E-state index in [2.05, 4.69) is 69.8 Å². The Balaban J connectivity index is 1.40. The summed E-state index contributed by atoms with van der Waals surface area (Å²) >= 11 is 1.86. The molecule has 0 atom stereocenters. The SMILES string of the molecule is C(=Cc1ccccc1)CN1CCN(Cc2cccs2)CC1. The summed E-state index contributed by atoms with van der Waals surface area (Å²) in [5, 5.41) is 2.17. The van der Waals surface area contributed by atoms with Crippen LogP contribution in [-0.4, -0.2) is 42.5 Å². The van der Waals surface area contributed by atoms with Gasteiger partial charge in [-0.2, -0.15) is 0 Å². The molecule has 3 heteroatoms. The number of piperazine rings is 1. The molecule has 0 amide bonds. The van der Waals surface area contributed by atoms with Gasteiger partial charge >= 0.3 is 0 Å². The van der Waals surface area contributed by atoms with E-state index in [0.717, 1.165) is 13.1 Å². The van der Waals surface area contributed by atoms with Gasteiger partial charge in [0.15, 0.2) is 0 Å². The Kier molecular flexibility index (Phi) is 5.22. The Morgan fingerprint density at radius 1 is 0.905 bits per heavy atom. The van der Waals surface area contributed by atoms with Crippen molar-refractivity contribution in [3.8, 4) is 0 Å². The third-order valence-electron chi connectivity index (χ3n) is 3.90. The summed E-state index contributed by atoms with van der Waals surface area (Å²) in [6.07, 6.45) is 4.50. The standard InChI is InChI=1S/C18H22N2S/c1-2-6-17(7-3-1)8-4-10-19-11-13-20(14-12-19)16-18-9-5-15-21-18/h1-9,15H,10-14,16H2. The van der Waals surface area contributed by atoms with Crippen LogP contribution in [0.3, 0.4) is 0 Å². The molecule has 1 aromatic carbocycles. The van der Waals surface area contributed by atoms with Crippen LogP contribution in [0.25, 0.3) is 6.08 Å². The van der Waals surface area contributed by atoms with Gasteiger partial charge in [0.05, 0.1) is 0 Å². The lowest BCUT2D eigenvalue weighted by Crippen LogP contribution is -2.45. The van der Waals surface area contributed by atoms with Crippen molar-refractivity contribution >= 4 is 17.4 Å². The van der Waals surface area contributed by atoms with Crippen LogP contribution in [0.2, 0.25) is 0 Å². The van der Waals surface area contributed by atoms with E-state index >= 15 is 0 Å². The molecule has 2 heterocycles. The molecule has 21 heavy (non-hydrogen) atoms. The van der Waals surface area contributed by atoms with E-state index in [4.69, 9.17) is 0 Å². The smallest absolute Gasteiger partial charge is 0.0328 e. The summed E-state index contributed by atoms with van der Waals surface area (Å²) in [4.78, 5) is 6.57. The highest BCUT2D eigenvalue weighted by molar-refractivity contribution is 7.09. The molecule has 0 saturated carbocycles. The molecule has 1 aromatic heterocycles. The largest absolute Gasteiger partial charge is 0.297 e. The molecule has 3 rings (SSSR count). The van der Waals surface area contributed by atoms with Gasteiger partial charge in [-0.1, -0.05) is 48.6 Å². The molecule has 0 N–H and O–H groups in total. The van der Waals surface area contributed by atoms with E-state index in [0.29, 0.717) is 0 Å². The second kappa shape index (κ2) is 7.55. The molecule has 1 saturated heterocycles. The van der Waals surface area contributed by atoms with E-state index in [1.807, 2.05) is 11.3 Å². The van der Waals surface area contributed by atoms with Gasteiger partial charge in [0.2, 0.25) is 0 Å². The summed E-state index contributed by atoms with van der Waals surface area (Å²) in [5.74, 6) is 0. The van der Waals surface area contributed by atoms with Crippen molar-refractivity contribution in [1.82, 2.24) is 9.80 Å². The maximum atomic E-state index is 2.56. The van der Waals surface area contributed by atoms with Gasteiger partial charge in [-0.05, 0) is 17.0 Å². The van der Waals surface area contributed by atoms with Crippen molar-refractivity contribution in [2.75, 3.05) is 32.7 Å². The van der Waals surface area contributed by atoms with Crippen LogP contribution in [0.1, 0.15) is 10.4 Å². The van der Waals surface area contributed by atoms with Crippen LogP contribution in [0.5, 0.6) is 0 Å². The molecule has 110 valence electrons. The molecule has 1 fully saturated rings. The number of thiophene rings is 1. The van der Waals surface area contributed by atoms with Crippen LogP contribution < -0.4 is 0 Å². The minimum atomic E-state index is 1.06. The summed E-state index contributed by atoms with van der Waals surface area (Å²) in [6, 6.07) is 14.9. The molecule has 0 unspecified atom stereocenters. The van der Waals surface area contributed by atoms with Crippen molar-refractivity contribution in [3.63, 3.8) is 0 Å². The molecule has 1 aliphatic heterocycles. The quantitative estimate of drug-likeness (QED) is 0.832. The number of hydrogen-bond donors (Lipinski definition) is 0. The van der Waals surface area contributed by atoms with Crippen molar-refractivity contribution in [1.29, 1.82) is 0 Å². The number of hydrogen-bond acceptors (Lipinski definition) is 3. The molecule has 0 radical (unpaired) electrons. The molecular formula is C18H22N2S. The maximum Gasteiger partial charge on any atom is 0.0328 e. The fourth-order valence-electron chi connectivity index (χ4n) is 2.65. The van der Waals surface area contributed by atoms with Gasteiger partial charge in [0, 0.05) is 44.1 Å². The number of benzene rings is 1. The van der Waals surface area contributed by atoms with E-state index in [1.165, 1.54) is 36.6 Å². The predicted molar refractivity (Wildman–Crippen MR) is 91.5 cm³/mol. The molecule has 2 aromatic rings. The molecule has 0 spiro atoms. The Labute approximate surface area is 131 Å². The Morgan fingerprint density at radius 3 is 2.38 bits per heavy atom. The summed E-state index contributed by atoms with van der Waals surface area (Å²) in [7, 11) is 0. The van der Waals surface area contributed by atoms with Gasteiger partial charge < -0.3 is 0 Å². The summed E-state index contributed by atoms with van der Waals surface area (Å²) in [5.41, 5.74) is 1.29. The Hall–Kier alpha value is -1.42. The first-order chi connectivity index (χ1) is 10.4.